The molecule has 0 aliphatic rings. The van der Waals surface area contributed by atoms with Gasteiger partial charge in [-0.05, 0) is 24.1 Å². The first-order chi connectivity index (χ1) is 11.4. The molecule has 0 amide bonds. The molecule has 1 unspecified atom stereocenters. The molecule has 3 aromatic rings. The number of hydrogen-bond acceptors (Lipinski definition) is 2. The standard InChI is InChI=1S/C21H22N2/c1-2-19(22-16-17-10-5-3-6-11-17)21-15-9-14-20(23-21)18-12-7-4-8-13-18/h3-15,19,22H,2,16H2,1H3. The Morgan fingerprint density at radius 3 is 2.22 bits per heavy atom. The normalized spacial score (nSPS) is 12.0. The molecule has 0 saturated heterocycles. The maximum atomic E-state index is 4.86. The van der Waals surface area contributed by atoms with Crippen LogP contribution >= 0.6 is 0 Å². The molecule has 0 bridgehead atoms. The molecule has 3 rings (SSSR count). The SMILES string of the molecule is CCC(NCc1ccccc1)c1cccc(-c2ccccc2)n1. The van der Waals surface area contributed by atoms with Gasteiger partial charge in [0.25, 0.3) is 0 Å². The Hall–Kier alpha value is -2.45. The molecule has 1 atom stereocenters. The van der Waals surface area contributed by atoms with E-state index in [0.29, 0.717) is 0 Å². The van der Waals surface area contributed by atoms with Crippen molar-refractivity contribution < 1.29 is 0 Å². The predicted molar refractivity (Wildman–Crippen MR) is 96.0 cm³/mol. The third kappa shape index (κ3) is 4.05. The number of rotatable bonds is 6. The van der Waals surface area contributed by atoms with E-state index in [1.807, 2.05) is 12.1 Å². The monoisotopic (exact) mass is 302 g/mol. The maximum absolute atomic E-state index is 4.86. The zero-order valence-electron chi connectivity index (χ0n) is 13.4. The zero-order valence-corrected chi connectivity index (χ0v) is 13.4. The summed E-state index contributed by atoms with van der Waals surface area (Å²) in [4.78, 5) is 4.86. The topological polar surface area (TPSA) is 24.9 Å². The largest absolute Gasteiger partial charge is 0.305 e. The third-order valence-corrected chi connectivity index (χ3v) is 4.00. The highest BCUT2D eigenvalue weighted by Crippen LogP contribution is 2.21. The van der Waals surface area contributed by atoms with Gasteiger partial charge in [0.15, 0.2) is 0 Å². The van der Waals surface area contributed by atoms with Gasteiger partial charge in [-0.3, -0.25) is 4.98 Å². The van der Waals surface area contributed by atoms with E-state index >= 15 is 0 Å². The Bertz CT molecular complexity index is 723. The van der Waals surface area contributed by atoms with Crippen LogP contribution in [0.5, 0.6) is 0 Å². The summed E-state index contributed by atoms with van der Waals surface area (Å²) >= 11 is 0. The van der Waals surface area contributed by atoms with Gasteiger partial charge in [0.1, 0.15) is 0 Å². The smallest absolute Gasteiger partial charge is 0.0706 e. The Kier molecular flexibility index (Phi) is 5.17. The van der Waals surface area contributed by atoms with Crippen molar-refractivity contribution in [1.29, 1.82) is 0 Å². The molecular weight excluding hydrogens is 280 g/mol. The lowest BCUT2D eigenvalue weighted by Crippen LogP contribution is -2.21. The first-order valence-electron chi connectivity index (χ1n) is 8.16. The van der Waals surface area contributed by atoms with Gasteiger partial charge in [-0.15, -0.1) is 0 Å². The second-order valence-electron chi connectivity index (χ2n) is 5.64. The number of nitrogens with zero attached hydrogens (tertiary/aromatic N) is 1. The molecule has 0 aliphatic heterocycles. The van der Waals surface area contributed by atoms with Crippen molar-refractivity contribution in [2.45, 2.75) is 25.9 Å². The summed E-state index contributed by atoms with van der Waals surface area (Å²) in [7, 11) is 0. The van der Waals surface area contributed by atoms with Crippen molar-refractivity contribution in [3.05, 3.63) is 90.1 Å². The minimum Gasteiger partial charge on any atom is -0.305 e. The number of pyridine rings is 1. The minimum atomic E-state index is 0.263. The van der Waals surface area contributed by atoms with Crippen LogP contribution in [0, 0.1) is 0 Å². The Labute approximate surface area is 138 Å². The molecule has 1 N–H and O–H groups in total. The molecule has 0 saturated carbocycles. The molecule has 116 valence electrons. The van der Waals surface area contributed by atoms with E-state index in [-0.39, 0.29) is 6.04 Å². The molecule has 2 nitrogen and oxygen atoms in total. The van der Waals surface area contributed by atoms with Gasteiger partial charge >= 0.3 is 0 Å². The van der Waals surface area contributed by atoms with E-state index < -0.39 is 0 Å². The Morgan fingerprint density at radius 1 is 0.826 bits per heavy atom. The highest BCUT2D eigenvalue weighted by molar-refractivity contribution is 5.58. The average Bonchev–Trinajstić information content (AvgIpc) is 2.64. The van der Waals surface area contributed by atoms with Crippen LogP contribution in [0.2, 0.25) is 0 Å². The average molecular weight is 302 g/mol. The van der Waals surface area contributed by atoms with E-state index in [1.165, 1.54) is 5.56 Å². The van der Waals surface area contributed by atoms with Crippen molar-refractivity contribution >= 4 is 0 Å². The van der Waals surface area contributed by atoms with E-state index in [9.17, 15) is 0 Å². The van der Waals surface area contributed by atoms with Gasteiger partial charge in [-0.25, -0.2) is 0 Å². The highest BCUT2D eigenvalue weighted by Gasteiger charge is 2.11. The van der Waals surface area contributed by atoms with Gasteiger partial charge in [0, 0.05) is 18.2 Å². The summed E-state index contributed by atoms with van der Waals surface area (Å²) < 4.78 is 0. The third-order valence-electron chi connectivity index (χ3n) is 4.00. The van der Waals surface area contributed by atoms with Crippen LogP contribution in [0.4, 0.5) is 0 Å². The summed E-state index contributed by atoms with van der Waals surface area (Å²) in [6.45, 7) is 3.05. The summed E-state index contributed by atoms with van der Waals surface area (Å²) in [5.74, 6) is 0. The van der Waals surface area contributed by atoms with Crippen LogP contribution in [0.25, 0.3) is 11.3 Å². The number of benzene rings is 2. The van der Waals surface area contributed by atoms with Crippen molar-refractivity contribution in [2.24, 2.45) is 0 Å². The highest BCUT2D eigenvalue weighted by atomic mass is 14.9. The van der Waals surface area contributed by atoms with Crippen molar-refractivity contribution in [3.63, 3.8) is 0 Å². The van der Waals surface area contributed by atoms with Crippen molar-refractivity contribution in [3.8, 4) is 11.3 Å². The van der Waals surface area contributed by atoms with Gasteiger partial charge < -0.3 is 5.32 Å². The van der Waals surface area contributed by atoms with Crippen LogP contribution < -0.4 is 5.32 Å². The van der Waals surface area contributed by atoms with Crippen LogP contribution in [-0.2, 0) is 6.54 Å². The molecule has 1 aromatic heterocycles. The molecule has 0 aliphatic carbocycles. The molecule has 0 radical (unpaired) electrons. The fraction of sp³-hybridized carbons (Fsp3) is 0.190. The molecular formula is C21H22N2. The van der Waals surface area contributed by atoms with E-state index in [4.69, 9.17) is 4.98 Å². The predicted octanol–water partition coefficient (Wildman–Crippen LogP) is 4.99. The van der Waals surface area contributed by atoms with Crippen LogP contribution in [0.15, 0.2) is 78.9 Å². The van der Waals surface area contributed by atoms with E-state index in [2.05, 4.69) is 79.0 Å². The fourth-order valence-electron chi connectivity index (χ4n) is 2.71. The van der Waals surface area contributed by atoms with Gasteiger partial charge in [-0.2, -0.15) is 0 Å². The number of aromatic nitrogens is 1. The lowest BCUT2D eigenvalue weighted by molar-refractivity contribution is 0.508. The summed E-state index contributed by atoms with van der Waals surface area (Å²) in [6, 6.07) is 27.4. The zero-order chi connectivity index (χ0) is 15.9. The quantitative estimate of drug-likeness (QED) is 0.694. The summed E-state index contributed by atoms with van der Waals surface area (Å²) in [6.07, 6.45) is 1.01. The summed E-state index contributed by atoms with van der Waals surface area (Å²) in [5.41, 5.74) is 4.59. The number of nitrogens with one attached hydrogen (secondary N) is 1. The first kappa shape index (κ1) is 15.4. The summed E-state index contributed by atoms with van der Waals surface area (Å²) in [5, 5.41) is 3.62. The molecule has 0 fully saturated rings. The lowest BCUT2D eigenvalue weighted by Gasteiger charge is -2.17. The molecule has 2 aromatic carbocycles. The second-order valence-corrected chi connectivity index (χ2v) is 5.64. The number of hydrogen-bond donors (Lipinski definition) is 1. The van der Waals surface area contributed by atoms with Crippen LogP contribution in [0.1, 0.15) is 30.6 Å². The molecule has 1 heterocycles. The van der Waals surface area contributed by atoms with Crippen molar-refractivity contribution in [2.75, 3.05) is 0 Å². The Morgan fingerprint density at radius 2 is 1.52 bits per heavy atom. The van der Waals surface area contributed by atoms with Crippen molar-refractivity contribution in [1.82, 2.24) is 10.3 Å². The molecule has 23 heavy (non-hydrogen) atoms. The first-order valence-corrected chi connectivity index (χ1v) is 8.16. The maximum Gasteiger partial charge on any atom is 0.0706 e. The Balaban J connectivity index is 1.76. The van der Waals surface area contributed by atoms with Crippen LogP contribution in [-0.4, -0.2) is 4.98 Å². The van der Waals surface area contributed by atoms with E-state index in [0.717, 1.165) is 29.9 Å². The second kappa shape index (κ2) is 7.70. The van der Waals surface area contributed by atoms with Gasteiger partial charge in [0.2, 0.25) is 0 Å². The minimum absolute atomic E-state index is 0.263. The molecule has 2 heteroatoms. The molecule has 0 spiro atoms. The van der Waals surface area contributed by atoms with E-state index in [1.54, 1.807) is 0 Å². The lowest BCUT2D eigenvalue weighted by atomic mass is 10.1. The van der Waals surface area contributed by atoms with Gasteiger partial charge in [0.05, 0.1) is 11.4 Å². The van der Waals surface area contributed by atoms with Gasteiger partial charge in [-0.1, -0.05) is 73.7 Å². The fourth-order valence-corrected chi connectivity index (χ4v) is 2.71. The van der Waals surface area contributed by atoms with Crippen LogP contribution in [0.3, 0.4) is 0 Å².